The van der Waals surface area contributed by atoms with Gasteiger partial charge in [0, 0.05) is 11.8 Å². The monoisotopic (exact) mass is 262 g/mol. The number of benzene rings is 1. The van der Waals surface area contributed by atoms with Crippen LogP contribution in [0.25, 0.3) is 0 Å². The van der Waals surface area contributed by atoms with Crippen molar-refractivity contribution in [3.8, 4) is 0 Å². The highest BCUT2D eigenvalue weighted by Crippen LogP contribution is 2.40. The number of halogens is 5. The molecule has 1 rings (SSSR count). The van der Waals surface area contributed by atoms with Gasteiger partial charge in [-0.05, 0) is 0 Å². The minimum Gasteiger partial charge on any atom is -0.299 e. The van der Waals surface area contributed by atoms with Crippen molar-refractivity contribution < 1.29 is 31.1 Å². The van der Waals surface area contributed by atoms with Crippen LogP contribution in [0.3, 0.4) is 0 Å². The Hall–Kier alpha value is -0.860. The highest BCUT2D eigenvalue weighted by atomic mass is 32.3. The Bertz CT molecular complexity index is 400. The van der Waals surface area contributed by atoms with Gasteiger partial charge >= 0.3 is 0 Å². The molecule has 0 fully saturated rings. The third kappa shape index (κ3) is 2.45. The Balaban J connectivity index is 3.40. The molecule has 1 aromatic carbocycles. The van der Waals surface area contributed by atoms with Crippen LogP contribution >= 0.6 is 10.6 Å². The summed E-state index contributed by atoms with van der Waals surface area (Å²) >= 11 is 0. The van der Waals surface area contributed by atoms with Crippen molar-refractivity contribution in [3.63, 3.8) is 0 Å². The number of hydrogen-bond donors (Lipinski definition) is 2. The third-order valence-electron chi connectivity index (χ3n) is 1.72. The molecule has 2 N–H and O–H groups in total. The fourth-order valence-corrected chi connectivity index (χ4v) is 1.85. The predicted molar refractivity (Wildman–Crippen MR) is 48.7 cm³/mol. The van der Waals surface area contributed by atoms with Gasteiger partial charge in [-0.25, -0.2) is 22.0 Å². The maximum atomic E-state index is 13.0. The topological polar surface area (TPSA) is 40.5 Å². The molecule has 0 spiro atoms. The van der Waals surface area contributed by atoms with Crippen LogP contribution in [0.15, 0.2) is 0 Å². The molecular weight excluding hydrogens is 255 g/mol. The molecule has 0 bridgehead atoms. The molecule has 0 radical (unpaired) electrons. The van der Waals surface area contributed by atoms with Crippen LogP contribution in [0.5, 0.6) is 0 Å². The first-order valence-corrected chi connectivity index (χ1v) is 5.98. The van der Waals surface area contributed by atoms with Gasteiger partial charge in [0.25, 0.3) is 0 Å². The summed E-state index contributed by atoms with van der Waals surface area (Å²) in [4.78, 5) is 0. The summed E-state index contributed by atoms with van der Waals surface area (Å²) in [6.45, 7) is 0. The zero-order valence-corrected chi connectivity index (χ0v) is 8.72. The fourth-order valence-electron chi connectivity index (χ4n) is 1.05. The van der Waals surface area contributed by atoms with Gasteiger partial charge in [-0.15, -0.1) is 0 Å². The number of hydrogen-bond acceptors (Lipinski definition) is 2. The van der Waals surface area contributed by atoms with E-state index in [9.17, 15) is 22.0 Å². The van der Waals surface area contributed by atoms with Gasteiger partial charge in [0.15, 0.2) is 23.3 Å². The van der Waals surface area contributed by atoms with Crippen LogP contribution in [0.1, 0.15) is 5.56 Å². The predicted octanol–water partition coefficient (Wildman–Crippen LogP) is 3.26. The number of rotatable bonds is 2. The zero-order valence-electron chi connectivity index (χ0n) is 7.90. The smallest absolute Gasteiger partial charge is 0.200 e. The fraction of sp³-hybridized carbons (Fsp3) is 0.250. The molecule has 0 aliphatic carbocycles. The second kappa shape index (κ2) is 4.19. The molecule has 0 aliphatic heterocycles. The quantitative estimate of drug-likeness (QED) is 0.488. The van der Waals surface area contributed by atoms with Gasteiger partial charge in [0.2, 0.25) is 5.82 Å². The Morgan fingerprint density at radius 2 is 1.12 bits per heavy atom. The van der Waals surface area contributed by atoms with E-state index in [4.69, 9.17) is 9.11 Å². The molecule has 0 amide bonds. The minimum absolute atomic E-state index is 0.838. The molecule has 0 heterocycles. The summed E-state index contributed by atoms with van der Waals surface area (Å²) < 4.78 is 81.8. The van der Waals surface area contributed by atoms with Crippen molar-refractivity contribution >= 4 is 10.6 Å². The van der Waals surface area contributed by atoms with Crippen LogP contribution < -0.4 is 0 Å². The third-order valence-corrected chi connectivity index (χ3v) is 2.55. The summed E-state index contributed by atoms with van der Waals surface area (Å²) in [7, 11) is -3.40. The molecule has 1 aromatic rings. The lowest BCUT2D eigenvalue weighted by Crippen LogP contribution is -2.10. The van der Waals surface area contributed by atoms with Crippen molar-refractivity contribution in [1.29, 1.82) is 0 Å². The van der Waals surface area contributed by atoms with Gasteiger partial charge in [0.05, 0.1) is 5.75 Å². The van der Waals surface area contributed by atoms with Gasteiger partial charge in [-0.1, -0.05) is 0 Å². The molecule has 0 unspecified atom stereocenters. The van der Waals surface area contributed by atoms with Crippen LogP contribution in [0.4, 0.5) is 22.0 Å². The van der Waals surface area contributed by atoms with Crippen molar-refractivity contribution in [1.82, 2.24) is 0 Å². The summed E-state index contributed by atoms with van der Waals surface area (Å²) in [6.07, 6.45) is 0.838. The van der Waals surface area contributed by atoms with Gasteiger partial charge in [0.1, 0.15) is 0 Å². The Kier molecular flexibility index (Phi) is 3.46. The van der Waals surface area contributed by atoms with E-state index >= 15 is 0 Å². The Morgan fingerprint density at radius 1 is 0.812 bits per heavy atom. The average molecular weight is 262 g/mol. The first-order chi connectivity index (χ1) is 7.15. The molecule has 0 atom stereocenters. The van der Waals surface area contributed by atoms with Gasteiger partial charge < -0.3 is 0 Å². The van der Waals surface area contributed by atoms with E-state index in [-0.39, 0.29) is 0 Å². The zero-order chi connectivity index (χ0) is 12.7. The second-order valence-electron chi connectivity index (χ2n) is 3.19. The van der Waals surface area contributed by atoms with E-state index in [1.54, 1.807) is 0 Å². The highest BCUT2D eigenvalue weighted by Gasteiger charge is 2.27. The van der Waals surface area contributed by atoms with Crippen molar-refractivity contribution in [2.75, 3.05) is 6.26 Å². The first kappa shape index (κ1) is 13.2. The standard InChI is InChI=1S/C8H7F5O2S/c1-16(14,15)2-3-4(9)6(11)8(13)7(12)5(3)10/h14-15H,2H2,1H3. The molecule has 8 heteroatoms. The maximum absolute atomic E-state index is 13.0. The van der Waals surface area contributed by atoms with Crippen LogP contribution in [-0.4, -0.2) is 15.4 Å². The maximum Gasteiger partial charge on any atom is 0.200 e. The van der Waals surface area contributed by atoms with Gasteiger partial charge in [-0.2, -0.15) is 10.6 Å². The first-order valence-electron chi connectivity index (χ1n) is 3.86. The van der Waals surface area contributed by atoms with E-state index in [0.717, 1.165) is 6.26 Å². The molecule has 0 aromatic heterocycles. The molecule has 2 nitrogen and oxygen atoms in total. The lowest BCUT2D eigenvalue weighted by Gasteiger charge is -2.27. The SMILES string of the molecule is CS(O)(O)Cc1c(F)c(F)c(F)c(F)c1F. The normalized spacial score (nSPS) is 13.0. The van der Waals surface area contributed by atoms with Crippen molar-refractivity contribution in [2.45, 2.75) is 5.75 Å². The van der Waals surface area contributed by atoms with E-state index < -0.39 is 51.0 Å². The van der Waals surface area contributed by atoms with Crippen LogP contribution in [-0.2, 0) is 5.75 Å². The van der Waals surface area contributed by atoms with E-state index in [2.05, 4.69) is 0 Å². The van der Waals surface area contributed by atoms with Crippen molar-refractivity contribution in [2.24, 2.45) is 0 Å². The molecule has 0 saturated carbocycles. The van der Waals surface area contributed by atoms with Crippen LogP contribution in [0, 0.1) is 29.1 Å². The lowest BCUT2D eigenvalue weighted by molar-refractivity contribution is 0.371. The van der Waals surface area contributed by atoms with Crippen molar-refractivity contribution in [3.05, 3.63) is 34.6 Å². The summed E-state index contributed by atoms with van der Waals surface area (Å²) in [5.74, 6) is -11.6. The van der Waals surface area contributed by atoms with Gasteiger partial charge in [-0.3, -0.25) is 9.11 Å². The van der Waals surface area contributed by atoms with E-state index in [1.807, 2.05) is 0 Å². The molecule has 16 heavy (non-hydrogen) atoms. The summed E-state index contributed by atoms with van der Waals surface area (Å²) in [5, 5.41) is 0. The Morgan fingerprint density at radius 3 is 1.44 bits per heavy atom. The minimum atomic E-state index is -3.40. The molecular formula is C8H7F5O2S. The van der Waals surface area contributed by atoms with Crippen LogP contribution in [0.2, 0.25) is 0 Å². The lowest BCUT2D eigenvalue weighted by atomic mass is 10.2. The molecule has 0 aliphatic rings. The highest BCUT2D eigenvalue weighted by molar-refractivity contribution is 8.23. The Labute approximate surface area is 89.1 Å². The average Bonchev–Trinajstić information content (AvgIpc) is 2.17. The molecule has 92 valence electrons. The summed E-state index contributed by atoms with van der Waals surface area (Å²) in [6, 6.07) is 0. The second-order valence-corrected chi connectivity index (χ2v) is 5.46. The van der Waals surface area contributed by atoms with E-state index in [1.165, 1.54) is 0 Å². The largest absolute Gasteiger partial charge is 0.299 e. The summed E-state index contributed by atoms with van der Waals surface area (Å²) in [5.41, 5.74) is -1.22. The molecule has 0 saturated heterocycles. The van der Waals surface area contributed by atoms with E-state index in [0.29, 0.717) is 0 Å².